The Kier molecular flexibility index (Phi) is 3.33. The molecule has 1 aliphatic heterocycles. The van der Waals surface area contributed by atoms with E-state index in [1.54, 1.807) is 6.92 Å². The Morgan fingerprint density at radius 2 is 1.83 bits per heavy atom. The predicted molar refractivity (Wildman–Crippen MR) is 66.4 cm³/mol. The highest BCUT2D eigenvalue weighted by Gasteiger charge is 2.37. The first-order chi connectivity index (χ1) is 8.32. The predicted octanol–water partition coefficient (Wildman–Crippen LogP) is -0.697. The summed E-state index contributed by atoms with van der Waals surface area (Å²) < 4.78 is 25.6. The fraction of sp³-hybridized carbons (Fsp3) is 0.455. The molecule has 6 nitrogen and oxygen atoms in total. The summed E-state index contributed by atoms with van der Waals surface area (Å²) in [6, 6.07) is 4.45. The van der Waals surface area contributed by atoms with E-state index in [-0.39, 0.29) is 18.0 Å². The molecule has 0 spiro atoms. The summed E-state index contributed by atoms with van der Waals surface area (Å²) in [5.74, 6) is 0. The molecule has 1 aromatic rings. The fourth-order valence-corrected chi connectivity index (χ4v) is 3.45. The van der Waals surface area contributed by atoms with Crippen molar-refractivity contribution in [2.45, 2.75) is 24.0 Å². The number of hydrogen-bond acceptors (Lipinski definition) is 5. The highest BCUT2D eigenvalue weighted by Crippen LogP contribution is 2.23. The van der Waals surface area contributed by atoms with Crippen LogP contribution in [0.25, 0.3) is 0 Å². The van der Waals surface area contributed by atoms with Crippen LogP contribution in [0.15, 0.2) is 23.1 Å². The van der Waals surface area contributed by atoms with Crippen molar-refractivity contribution < 1.29 is 18.6 Å². The van der Waals surface area contributed by atoms with Crippen molar-refractivity contribution in [2.75, 3.05) is 18.8 Å². The smallest absolute Gasteiger partial charge is 0.243 e. The molecule has 0 unspecified atom stereocenters. The van der Waals surface area contributed by atoms with Crippen LogP contribution in [-0.2, 0) is 10.0 Å². The number of nitrogens with zero attached hydrogens (tertiary/aromatic N) is 1. The second-order valence-corrected chi connectivity index (χ2v) is 6.41. The van der Waals surface area contributed by atoms with Crippen LogP contribution in [0.1, 0.15) is 5.56 Å². The summed E-state index contributed by atoms with van der Waals surface area (Å²) in [5.41, 5.74) is 6.84. The third-order valence-electron chi connectivity index (χ3n) is 3.10. The first-order valence-electron chi connectivity index (χ1n) is 5.55. The standard InChI is InChI=1S/C11H16N2O4S/c1-7-4-8(2-3-9(7)12)18(16,17)13-5-10(14)11(15)6-13/h2-4,10-11,14-15H,5-6,12H2,1H3/t10-,11+. The molecule has 2 rings (SSSR count). The molecule has 0 aliphatic carbocycles. The van der Waals surface area contributed by atoms with Crippen LogP contribution in [0.3, 0.4) is 0 Å². The first kappa shape index (κ1) is 13.3. The fourth-order valence-electron chi connectivity index (χ4n) is 1.89. The van der Waals surface area contributed by atoms with Crippen LogP contribution in [0.2, 0.25) is 0 Å². The number of hydrogen-bond donors (Lipinski definition) is 3. The van der Waals surface area contributed by atoms with Crippen molar-refractivity contribution in [3.8, 4) is 0 Å². The van der Waals surface area contributed by atoms with E-state index in [0.29, 0.717) is 11.3 Å². The lowest BCUT2D eigenvalue weighted by Crippen LogP contribution is -2.30. The molecule has 100 valence electrons. The summed E-state index contributed by atoms with van der Waals surface area (Å²) in [6.07, 6.45) is -2.07. The maximum atomic E-state index is 12.3. The van der Waals surface area contributed by atoms with Gasteiger partial charge in [-0.05, 0) is 30.7 Å². The largest absolute Gasteiger partial charge is 0.399 e. The van der Waals surface area contributed by atoms with E-state index in [1.165, 1.54) is 18.2 Å². The number of nitrogens with two attached hydrogens (primary N) is 1. The van der Waals surface area contributed by atoms with Gasteiger partial charge in [-0.1, -0.05) is 0 Å². The van der Waals surface area contributed by atoms with Gasteiger partial charge in [-0.3, -0.25) is 0 Å². The van der Waals surface area contributed by atoms with E-state index < -0.39 is 22.2 Å². The van der Waals surface area contributed by atoms with Crippen LogP contribution < -0.4 is 5.73 Å². The summed E-state index contributed by atoms with van der Waals surface area (Å²) in [6.45, 7) is 1.54. The summed E-state index contributed by atoms with van der Waals surface area (Å²) in [7, 11) is -3.69. The van der Waals surface area contributed by atoms with Crippen molar-refractivity contribution in [2.24, 2.45) is 0 Å². The third-order valence-corrected chi connectivity index (χ3v) is 4.93. The number of aliphatic hydroxyl groups excluding tert-OH is 2. The van der Waals surface area contributed by atoms with Crippen LogP contribution in [0.5, 0.6) is 0 Å². The van der Waals surface area contributed by atoms with Gasteiger partial charge in [-0.15, -0.1) is 0 Å². The van der Waals surface area contributed by atoms with E-state index in [1.807, 2.05) is 0 Å². The van der Waals surface area contributed by atoms with Gasteiger partial charge in [-0.2, -0.15) is 4.31 Å². The number of aliphatic hydroxyl groups is 2. The Balaban J connectivity index is 2.34. The lowest BCUT2D eigenvalue weighted by atomic mass is 10.2. The monoisotopic (exact) mass is 272 g/mol. The highest BCUT2D eigenvalue weighted by molar-refractivity contribution is 7.89. The van der Waals surface area contributed by atoms with Crippen molar-refractivity contribution in [1.29, 1.82) is 0 Å². The molecule has 1 heterocycles. The average molecular weight is 272 g/mol. The lowest BCUT2D eigenvalue weighted by molar-refractivity contribution is 0.0572. The third kappa shape index (κ3) is 2.22. The van der Waals surface area contributed by atoms with E-state index in [4.69, 9.17) is 5.73 Å². The minimum atomic E-state index is -3.69. The Morgan fingerprint density at radius 3 is 2.33 bits per heavy atom. The van der Waals surface area contributed by atoms with Gasteiger partial charge in [0.05, 0.1) is 17.1 Å². The van der Waals surface area contributed by atoms with Gasteiger partial charge in [0.15, 0.2) is 0 Å². The van der Waals surface area contributed by atoms with Gasteiger partial charge >= 0.3 is 0 Å². The van der Waals surface area contributed by atoms with E-state index in [0.717, 1.165) is 4.31 Å². The minimum absolute atomic E-state index is 0.0904. The number of β-amino-alcohol motifs (C(OH)–C–C–N with tert-alkyl or cyclic N) is 2. The number of sulfonamides is 1. The highest BCUT2D eigenvalue weighted by atomic mass is 32.2. The van der Waals surface area contributed by atoms with Gasteiger partial charge in [0.2, 0.25) is 10.0 Å². The second-order valence-electron chi connectivity index (χ2n) is 4.48. The SMILES string of the molecule is Cc1cc(S(=O)(=O)N2C[C@@H](O)[C@@H](O)C2)ccc1N. The van der Waals surface area contributed by atoms with Gasteiger partial charge < -0.3 is 15.9 Å². The zero-order valence-corrected chi connectivity index (χ0v) is 10.8. The average Bonchev–Trinajstić information content (AvgIpc) is 2.64. The molecular formula is C11H16N2O4S. The molecule has 0 aromatic heterocycles. The summed E-state index contributed by atoms with van der Waals surface area (Å²) in [4.78, 5) is 0.121. The van der Waals surface area contributed by atoms with Crippen LogP contribution in [-0.4, -0.2) is 48.2 Å². The molecule has 0 saturated carbocycles. The maximum Gasteiger partial charge on any atom is 0.243 e. The van der Waals surface area contributed by atoms with Crippen LogP contribution in [0, 0.1) is 6.92 Å². The van der Waals surface area contributed by atoms with Gasteiger partial charge in [0, 0.05) is 18.8 Å². The Hall–Kier alpha value is -1.15. The minimum Gasteiger partial charge on any atom is -0.399 e. The topological polar surface area (TPSA) is 104 Å². The normalized spacial score (nSPS) is 25.5. The van der Waals surface area contributed by atoms with Gasteiger partial charge in [-0.25, -0.2) is 8.42 Å². The maximum absolute atomic E-state index is 12.3. The first-order valence-corrected chi connectivity index (χ1v) is 6.99. The molecule has 1 fully saturated rings. The van der Waals surface area contributed by atoms with E-state index >= 15 is 0 Å². The molecule has 2 atom stereocenters. The van der Waals surface area contributed by atoms with Crippen LogP contribution >= 0.6 is 0 Å². The van der Waals surface area contributed by atoms with E-state index in [2.05, 4.69) is 0 Å². The molecule has 4 N–H and O–H groups in total. The van der Waals surface area contributed by atoms with Crippen molar-refractivity contribution in [3.05, 3.63) is 23.8 Å². The van der Waals surface area contributed by atoms with Crippen molar-refractivity contribution in [1.82, 2.24) is 4.31 Å². The van der Waals surface area contributed by atoms with E-state index in [9.17, 15) is 18.6 Å². The number of anilines is 1. The Labute approximate surface area is 106 Å². The molecule has 0 bridgehead atoms. The molecular weight excluding hydrogens is 256 g/mol. The van der Waals surface area contributed by atoms with Crippen molar-refractivity contribution in [3.63, 3.8) is 0 Å². The number of rotatable bonds is 2. The second kappa shape index (κ2) is 4.51. The summed E-state index contributed by atoms with van der Waals surface area (Å²) >= 11 is 0. The molecule has 1 aliphatic rings. The van der Waals surface area contributed by atoms with Crippen LogP contribution in [0.4, 0.5) is 5.69 Å². The molecule has 1 aromatic carbocycles. The summed E-state index contributed by atoms with van der Waals surface area (Å²) in [5, 5.41) is 18.8. The van der Waals surface area contributed by atoms with Gasteiger partial charge in [0.25, 0.3) is 0 Å². The Morgan fingerprint density at radius 1 is 1.28 bits per heavy atom. The molecule has 7 heteroatoms. The zero-order chi connectivity index (χ0) is 13.5. The number of aryl methyl sites for hydroxylation is 1. The number of benzene rings is 1. The number of nitrogen functional groups attached to an aromatic ring is 1. The molecule has 0 radical (unpaired) electrons. The Bertz CT molecular complexity index is 548. The van der Waals surface area contributed by atoms with Gasteiger partial charge in [0.1, 0.15) is 0 Å². The zero-order valence-electron chi connectivity index (χ0n) is 9.94. The lowest BCUT2D eigenvalue weighted by Gasteiger charge is -2.16. The molecule has 1 saturated heterocycles. The molecule has 18 heavy (non-hydrogen) atoms. The quantitative estimate of drug-likeness (QED) is 0.618. The molecule has 0 amide bonds. The van der Waals surface area contributed by atoms with Crippen molar-refractivity contribution >= 4 is 15.7 Å².